The molecule has 0 spiro atoms. The molecule has 2 aromatic rings. The first-order chi connectivity index (χ1) is 13.0. The monoisotopic (exact) mass is 441 g/mol. The number of aliphatic hydroxyl groups excluding tert-OH is 1. The molecule has 1 heterocycles. The van der Waals surface area contributed by atoms with Gasteiger partial charge in [0.05, 0.1) is 0 Å². The van der Waals surface area contributed by atoms with Gasteiger partial charge in [0.1, 0.15) is 18.0 Å². The topological polar surface area (TPSA) is 58.6 Å². The summed E-state index contributed by atoms with van der Waals surface area (Å²) in [5.41, 5.74) is 0.909. The molecule has 0 amide bonds. The molecule has 4 unspecified atom stereocenters. The van der Waals surface area contributed by atoms with Gasteiger partial charge in [-0.15, -0.1) is 23.7 Å². The van der Waals surface area contributed by atoms with Gasteiger partial charge < -0.3 is 15.2 Å². The molecule has 7 heteroatoms. The summed E-state index contributed by atoms with van der Waals surface area (Å²) >= 11 is 7.63. The van der Waals surface area contributed by atoms with E-state index < -0.39 is 6.10 Å². The number of ether oxygens (including phenoxy) is 1. The van der Waals surface area contributed by atoms with Crippen LogP contribution in [0.4, 0.5) is 0 Å². The summed E-state index contributed by atoms with van der Waals surface area (Å²) in [4.78, 5) is 15.2. The highest BCUT2D eigenvalue weighted by atomic mass is 35.5. The number of Topliss-reactive ketones (excluding diaryl/α,β-unsaturated/α-hetero) is 1. The van der Waals surface area contributed by atoms with Crippen molar-refractivity contribution in [3.8, 4) is 5.75 Å². The number of nitrogens with one attached hydrogen (secondary N) is 1. The summed E-state index contributed by atoms with van der Waals surface area (Å²) in [5.74, 6) is 0.955. The quantitative estimate of drug-likeness (QED) is 0.719. The molecular formula is C21H25Cl2NO3S. The summed E-state index contributed by atoms with van der Waals surface area (Å²) in [6.45, 7) is 2.67. The van der Waals surface area contributed by atoms with E-state index >= 15 is 0 Å². The van der Waals surface area contributed by atoms with Gasteiger partial charge in [-0.25, -0.2) is 0 Å². The number of aryl methyl sites for hydroxylation is 2. The molecule has 152 valence electrons. The van der Waals surface area contributed by atoms with Gasteiger partial charge >= 0.3 is 0 Å². The van der Waals surface area contributed by atoms with Crippen molar-refractivity contribution in [1.29, 1.82) is 0 Å². The predicted molar refractivity (Wildman–Crippen MR) is 115 cm³/mol. The third kappa shape index (κ3) is 4.55. The first-order valence-electron chi connectivity index (χ1n) is 9.48. The van der Waals surface area contributed by atoms with Crippen molar-refractivity contribution in [2.75, 3.05) is 6.54 Å². The summed E-state index contributed by atoms with van der Waals surface area (Å²) in [6, 6.07) is 9.18. The molecule has 4 rings (SSSR count). The lowest BCUT2D eigenvalue weighted by Crippen LogP contribution is -2.44. The van der Waals surface area contributed by atoms with Crippen LogP contribution in [0.3, 0.4) is 0 Å². The lowest BCUT2D eigenvalue weighted by atomic mass is 9.87. The Hall–Kier alpha value is -1.11. The third-order valence-electron chi connectivity index (χ3n) is 5.57. The number of ketones is 1. The number of thiophene rings is 1. The summed E-state index contributed by atoms with van der Waals surface area (Å²) in [7, 11) is 0. The van der Waals surface area contributed by atoms with Crippen molar-refractivity contribution in [3.63, 3.8) is 0 Å². The zero-order chi connectivity index (χ0) is 19.0. The van der Waals surface area contributed by atoms with Crippen molar-refractivity contribution in [3.05, 3.63) is 50.7 Å². The van der Waals surface area contributed by atoms with Gasteiger partial charge in [-0.3, -0.25) is 4.79 Å². The van der Waals surface area contributed by atoms with Crippen molar-refractivity contribution in [1.82, 2.24) is 5.32 Å². The van der Waals surface area contributed by atoms with Crippen LogP contribution in [-0.4, -0.2) is 35.7 Å². The molecule has 4 atom stereocenters. The van der Waals surface area contributed by atoms with Crippen molar-refractivity contribution in [2.24, 2.45) is 5.92 Å². The van der Waals surface area contributed by atoms with Crippen LogP contribution >= 0.6 is 35.3 Å². The third-order valence-corrected chi connectivity index (χ3v) is 6.93. The molecule has 28 heavy (non-hydrogen) atoms. The lowest BCUT2D eigenvalue weighted by Gasteiger charge is -2.25. The lowest BCUT2D eigenvalue weighted by molar-refractivity contribution is 0.0442. The van der Waals surface area contributed by atoms with E-state index in [1.807, 2.05) is 18.2 Å². The fourth-order valence-electron chi connectivity index (χ4n) is 4.09. The second-order valence-corrected chi connectivity index (χ2v) is 9.26. The van der Waals surface area contributed by atoms with Crippen LogP contribution in [0.15, 0.2) is 30.3 Å². The average Bonchev–Trinajstić information content (AvgIpc) is 3.20. The van der Waals surface area contributed by atoms with Gasteiger partial charge in [-0.1, -0.05) is 11.6 Å². The fourth-order valence-corrected chi connectivity index (χ4v) is 5.27. The molecule has 0 saturated heterocycles. The Morgan fingerprint density at radius 1 is 1.25 bits per heavy atom. The number of benzene rings is 1. The Balaban J connectivity index is 0.00000225. The van der Waals surface area contributed by atoms with Gasteiger partial charge in [0, 0.05) is 38.8 Å². The SMILES string of the molecule is Cc1cc2c(s1)CCC(CNC1CCC(Oc3ccc(Cl)cc3)C1O)C2=O.Cl. The number of hydrogen-bond acceptors (Lipinski definition) is 5. The maximum Gasteiger partial charge on any atom is 0.168 e. The smallest absolute Gasteiger partial charge is 0.168 e. The molecule has 4 nitrogen and oxygen atoms in total. The molecular weight excluding hydrogens is 417 g/mol. The number of carbonyl (C=O) groups excluding carboxylic acids is 1. The summed E-state index contributed by atoms with van der Waals surface area (Å²) < 4.78 is 5.92. The van der Waals surface area contributed by atoms with Gasteiger partial charge in [-0.05, 0) is 62.9 Å². The standard InChI is InChI=1S/C21H24ClNO3S.ClH/c1-12-10-16-19(27-12)9-2-13(20(16)24)11-23-17-7-8-18(21(17)25)26-15-5-3-14(22)4-6-15;/h3-6,10,13,17-18,21,23,25H,2,7-9,11H2,1H3;1H. The predicted octanol–water partition coefficient (Wildman–Crippen LogP) is 4.44. The number of halogens is 2. The molecule has 0 bridgehead atoms. The van der Waals surface area contributed by atoms with Crippen molar-refractivity contribution < 1.29 is 14.6 Å². The van der Waals surface area contributed by atoms with E-state index in [1.165, 1.54) is 9.75 Å². The zero-order valence-electron chi connectivity index (χ0n) is 15.7. The highest BCUT2D eigenvalue weighted by molar-refractivity contribution is 7.12. The van der Waals surface area contributed by atoms with Crippen LogP contribution in [0.2, 0.25) is 5.02 Å². The Bertz CT molecular complexity index is 824. The van der Waals surface area contributed by atoms with Crippen LogP contribution in [-0.2, 0) is 6.42 Å². The maximum atomic E-state index is 12.7. The van der Waals surface area contributed by atoms with Crippen LogP contribution in [0, 0.1) is 12.8 Å². The molecule has 1 aromatic carbocycles. The van der Waals surface area contributed by atoms with Gasteiger partial charge in [0.2, 0.25) is 0 Å². The Morgan fingerprint density at radius 3 is 2.75 bits per heavy atom. The van der Waals surface area contributed by atoms with Crippen LogP contribution < -0.4 is 10.1 Å². The molecule has 0 radical (unpaired) electrons. The first kappa shape index (κ1) is 21.6. The Morgan fingerprint density at radius 2 is 2.00 bits per heavy atom. The van der Waals surface area contributed by atoms with E-state index in [0.717, 1.165) is 31.2 Å². The largest absolute Gasteiger partial charge is 0.488 e. The molecule has 2 aliphatic carbocycles. The van der Waals surface area contributed by atoms with Crippen molar-refractivity contribution in [2.45, 2.75) is 50.9 Å². The van der Waals surface area contributed by atoms with Crippen LogP contribution in [0.25, 0.3) is 0 Å². The molecule has 2 N–H and O–H groups in total. The Labute approximate surface area is 180 Å². The minimum atomic E-state index is -0.585. The fraction of sp³-hybridized carbons (Fsp3) is 0.476. The van der Waals surface area contributed by atoms with E-state index in [9.17, 15) is 9.90 Å². The average molecular weight is 442 g/mol. The number of fused-ring (bicyclic) bond motifs is 1. The van der Waals surface area contributed by atoms with E-state index in [-0.39, 0.29) is 36.3 Å². The normalized spacial score (nSPS) is 26.6. The zero-order valence-corrected chi connectivity index (χ0v) is 18.1. The van der Waals surface area contributed by atoms with Gasteiger partial charge in [-0.2, -0.15) is 0 Å². The highest BCUT2D eigenvalue weighted by Crippen LogP contribution is 2.32. The van der Waals surface area contributed by atoms with Gasteiger partial charge in [0.15, 0.2) is 5.78 Å². The minimum absolute atomic E-state index is 0. The van der Waals surface area contributed by atoms with Crippen molar-refractivity contribution >= 4 is 41.1 Å². The number of carbonyl (C=O) groups is 1. The second kappa shape index (κ2) is 9.14. The van der Waals surface area contributed by atoms with Crippen LogP contribution in [0.1, 0.15) is 39.4 Å². The summed E-state index contributed by atoms with van der Waals surface area (Å²) in [5, 5.41) is 14.7. The Kier molecular flexibility index (Phi) is 7.05. The number of hydrogen-bond donors (Lipinski definition) is 2. The van der Waals surface area contributed by atoms with E-state index in [2.05, 4.69) is 12.2 Å². The molecule has 0 aliphatic heterocycles. The number of rotatable bonds is 5. The highest BCUT2D eigenvalue weighted by Gasteiger charge is 2.37. The maximum absolute atomic E-state index is 12.7. The molecule has 1 saturated carbocycles. The van der Waals surface area contributed by atoms with E-state index in [1.54, 1.807) is 23.5 Å². The molecule has 1 aromatic heterocycles. The number of aliphatic hydroxyl groups is 1. The van der Waals surface area contributed by atoms with E-state index in [4.69, 9.17) is 16.3 Å². The first-order valence-corrected chi connectivity index (χ1v) is 10.7. The van der Waals surface area contributed by atoms with Gasteiger partial charge in [0.25, 0.3) is 0 Å². The summed E-state index contributed by atoms with van der Waals surface area (Å²) in [6.07, 6.45) is 2.65. The molecule has 1 fully saturated rings. The molecule has 2 aliphatic rings. The minimum Gasteiger partial charge on any atom is -0.488 e. The van der Waals surface area contributed by atoms with E-state index in [0.29, 0.717) is 17.3 Å². The second-order valence-electron chi connectivity index (χ2n) is 7.49. The van der Waals surface area contributed by atoms with Crippen LogP contribution in [0.5, 0.6) is 5.75 Å².